The summed E-state index contributed by atoms with van der Waals surface area (Å²) in [6.07, 6.45) is -3.50. The summed E-state index contributed by atoms with van der Waals surface area (Å²) in [7, 11) is 0. The van der Waals surface area contributed by atoms with Gasteiger partial charge in [0, 0.05) is 11.8 Å². The molecule has 18 heavy (non-hydrogen) atoms. The third-order valence-corrected chi connectivity index (χ3v) is 3.05. The topological polar surface area (TPSA) is 35.0 Å². The van der Waals surface area contributed by atoms with Crippen LogP contribution in [-0.4, -0.2) is 9.97 Å². The van der Waals surface area contributed by atoms with Crippen molar-refractivity contribution in [3.63, 3.8) is 0 Å². The van der Waals surface area contributed by atoms with Gasteiger partial charge in [-0.25, -0.2) is 4.98 Å². The van der Waals surface area contributed by atoms with E-state index in [-0.39, 0.29) is 12.6 Å². The summed E-state index contributed by atoms with van der Waals surface area (Å²) in [6.45, 7) is 0.0739. The van der Waals surface area contributed by atoms with Crippen molar-refractivity contribution in [2.24, 2.45) is 0 Å². The minimum Gasteiger partial charge on any atom is -0.459 e. The normalized spacial score (nSPS) is 11.6. The minimum absolute atomic E-state index is 0.0739. The van der Waals surface area contributed by atoms with Gasteiger partial charge >= 0.3 is 12.2 Å². The van der Waals surface area contributed by atoms with E-state index in [4.69, 9.17) is 16.3 Å². The zero-order valence-corrected chi connectivity index (χ0v) is 10.3. The van der Waals surface area contributed by atoms with Gasteiger partial charge < -0.3 is 4.74 Å². The second-order valence-electron chi connectivity index (χ2n) is 3.27. The molecule has 0 aromatic carbocycles. The molecular formula is C10H6ClF3N2OS. The molecule has 0 radical (unpaired) electrons. The first-order valence-corrected chi connectivity index (χ1v) is 5.97. The molecule has 0 bridgehead atoms. The molecule has 3 nitrogen and oxygen atoms in total. The van der Waals surface area contributed by atoms with E-state index in [1.54, 1.807) is 11.4 Å². The Morgan fingerprint density at radius 3 is 2.78 bits per heavy atom. The Bertz CT molecular complexity index is 544. The predicted octanol–water partition coefficient (Wildman–Crippen LogP) is 3.79. The highest BCUT2D eigenvalue weighted by atomic mass is 35.5. The maximum Gasteiger partial charge on any atom is 0.433 e. The Balaban J connectivity index is 2.06. The maximum atomic E-state index is 12.4. The molecule has 2 aromatic heterocycles. The van der Waals surface area contributed by atoms with Gasteiger partial charge in [0.2, 0.25) is 0 Å². The second-order valence-corrected chi connectivity index (χ2v) is 4.81. The van der Waals surface area contributed by atoms with E-state index >= 15 is 0 Å². The maximum absolute atomic E-state index is 12.4. The van der Waals surface area contributed by atoms with Crippen molar-refractivity contribution in [2.75, 3.05) is 0 Å². The predicted molar refractivity (Wildman–Crippen MR) is 60.7 cm³/mol. The minimum atomic E-state index is -4.51. The number of nitrogens with zero attached hydrogens (tertiary/aromatic N) is 2. The van der Waals surface area contributed by atoms with Crippen LogP contribution in [0.3, 0.4) is 0 Å². The molecule has 0 N–H and O–H groups in total. The van der Waals surface area contributed by atoms with Gasteiger partial charge in [-0.15, -0.1) is 11.3 Å². The zero-order valence-electron chi connectivity index (χ0n) is 8.74. The Morgan fingerprint density at radius 2 is 2.17 bits per heavy atom. The third kappa shape index (κ3) is 3.33. The molecule has 0 amide bonds. The van der Waals surface area contributed by atoms with Crippen molar-refractivity contribution in [1.82, 2.24) is 9.97 Å². The zero-order chi connectivity index (χ0) is 13.2. The second kappa shape index (κ2) is 5.11. The molecule has 0 saturated carbocycles. The van der Waals surface area contributed by atoms with Crippen LogP contribution in [0.1, 0.15) is 11.3 Å². The van der Waals surface area contributed by atoms with Crippen LogP contribution in [0.5, 0.6) is 6.01 Å². The van der Waals surface area contributed by atoms with Gasteiger partial charge in [-0.05, 0) is 17.5 Å². The fourth-order valence-electron chi connectivity index (χ4n) is 1.14. The van der Waals surface area contributed by atoms with Gasteiger partial charge in [0.15, 0.2) is 5.69 Å². The number of hydrogen-bond donors (Lipinski definition) is 0. The molecule has 0 saturated heterocycles. The Kier molecular flexibility index (Phi) is 3.72. The lowest BCUT2D eigenvalue weighted by Gasteiger charge is -2.07. The van der Waals surface area contributed by atoms with Crippen LogP contribution in [0.2, 0.25) is 4.34 Å². The highest BCUT2D eigenvalue weighted by molar-refractivity contribution is 7.14. The summed E-state index contributed by atoms with van der Waals surface area (Å²) in [6, 6.07) is 2.14. The van der Waals surface area contributed by atoms with Crippen LogP contribution in [0.4, 0.5) is 13.2 Å². The molecule has 0 fully saturated rings. The van der Waals surface area contributed by atoms with Crippen molar-refractivity contribution in [3.8, 4) is 6.01 Å². The van der Waals surface area contributed by atoms with E-state index in [9.17, 15) is 13.2 Å². The van der Waals surface area contributed by atoms with Gasteiger partial charge in [0.25, 0.3) is 0 Å². The van der Waals surface area contributed by atoms with Crippen LogP contribution in [0.25, 0.3) is 0 Å². The van der Waals surface area contributed by atoms with E-state index in [1.807, 2.05) is 0 Å². The Labute approximate surface area is 109 Å². The summed E-state index contributed by atoms with van der Waals surface area (Å²) in [4.78, 5) is 6.89. The highest BCUT2D eigenvalue weighted by Gasteiger charge is 2.33. The molecule has 0 aliphatic heterocycles. The quantitative estimate of drug-likeness (QED) is 0.864. The summed E-state index contributed by atoms with van der Waals surface area (Å²) in [5, 5.41) is 1.75. The third-order valence-electron chi connectivity index (χ3n) is 1.91. The molecule has 0 aliphatic carbocycles. The first-order chi connectivity index (χ1) is 8.45. The van der Waals surface area contributed by atoms with E-state index in [2.05, 4.69) is 9.97 Å². The number of alkyl halides is 3. The van der Waals surface area contributed by atoms with Crippen molar-refractivity contribution in [3.05, 3.63) is 39.3 Å². The molecule has 0 unspecified atom stereocenters. The molecule has 0 atom stereocenters. The average molecular weight is 295 g/mol. The molecular weight excluding hydrogens is 289 g/mol. The lowest BCUT2D eigenvalue weighted by Crippen LogP contribution is -2.09. The van der Waals surface area contributed by atoms with Crippen molar-refractivity contribution in [1.29, 1.82) is 0 Å². The van der Waals surface area contributed by atoms with E-state index in [1.165, 1.54) is 11.3 Å². The summed E-state index contributed by atoms with van der Waals surface area (Å²) in [5.41, 5.74) is -0.276. The smallest absolute Gasteiger partial charge is 0.433 e. The van der Waals surface area contributed by atoms with Crippen molar-refractivity contribution < 1.29 is 17.9 Å². The summed E-state index contributed by atoms with van der Waals surface area (Å²) < 4.78 is 42.8. The highest BCUT2D eigenvalue weighted by Crippen LogP contribution is 2.28. The molecule has 2 aromatic rings. The number of rotatable bonds is 3. The fourth-order valence-corrected chi connectivity index (χ4v) is 2.03. The molecule has 2 rings (SSSR count). The van der Waals surface area contributed by atoms with Gasteiger partial charge in [-0.1, -0.05) is 11.6 Å². The fraction of sp³-hybridized carbons (Fsp3) is 0.200. The van der Waals surface area contributed by atoms with E-state index in [0.29, 0.717) is 4.34 Å². The first-order valence-electron chi connectivity index (χ1n) is 4.71. The first kappa shape index (κ1) is 13.1. The SMILES string of the molecule is FC(F)(F)c1ccnc(OCc2csc(Cl)c2)n1. The summed E-state index contributed by atoms with van der Waals surface area (Å²) in [5.74, 6) is 0. The van der Waals surface area contributed by atoms with Crippen LogP contribution in [-0.2, 0) is 12.8 Å². The number of halogens is 4. The molecule has 0 aliphatic rings. The number of ether oxygens (including phenoxy) is 1. The molecule has 96 valence electrons. The van der Waals surface area contributed by atoms with E-state index in [0.717, 1.165) is 17.8 Å². The monoisotopic (exact) mass is 294 g/mol. The largest absolute Gasteiger partial charge is 0.459 e. The number of hydrogen-bond acceptors (Lipinski definition) is 4. The van der Waals surface area contributed by atoms with Gasteiger partial charge in [0.1, 0.15) is 6.61 Å². The lowest BCUT2D eigenvalue weighted by atomic mass is 10.4. The number of aromatic nitrogens is 2. The van der Waals surface area contributed by atoms with E-state index < -0.39 is 11.9 Å². The van der Waals surface area contributed by atoms with Crippen LogP contribution < -0.4 is 4.74 Å². The number of thiophene rings is 1. The van der Waals surface area contributed by atoms with Crippen LogP contribution >= 0.6 is 22.9 Å². The van der Waals surface area contributed by atoms with Crippen molar-refractivity contribution >= 4 is 22.9 Å². The lowest BCUT2D eigenvalue weighted by molar-refractivity contribution is -0.141. The Hall–Kier alpha value is -1.34. The summed E-state index contributed by atoms with van der Waals surface area (Å²) >= 11 is 7.02. The van der Waals surface area contributed by atoms with Gasteiger partial charge in [-0.2, -0.15) is 18.2 Å². The van der Waals surface area contributed by atoms with Crippen LogP contribution in [0, 0.1) is 0 Å². The molecule has 0 spiro atoms. The Morgan fingerprint density at radius 1 is 1.39 bits per heavy atom. The molecule has 8 heteroatoms. The standard InChI is InChI=1S/C10H6ClF3N2OS/c11-8-3-6(5-18-8)4-17-9-15-2-1-7(16-9)10(12,13)14/h1-3,5H,4H2. The average Bonchev–Trinajstić information content (AvgIpc) is 2.72. The van der Waals surface area contributed by atoms with Gasteiger partial charge in [0.05, 0.1) is 4.34 Å². The van der Waals surface area contributed by atoms with Crippen molar-refractivity contribution in [2.45, 2.75) is 12.8 Å². The van der Waals surface area contributed by atoms with Gasteiger partial charge in [-0.3, -0.25) is 0 Å². The molecule has 2 heterocycles. The van der Waals surface area contributed by atoms with Crippen LogP contribution in [0.15, 0.2) is 23.7 Å².